The number of rotatable bonds is 1. The van der Waals surface area contributed by atoms with Gasteiger partial charge in [-0.3, -0.25) is 0 Å². The highest BCUT2D eigenvalue weighted by Crippen LogP contribution is 2.37. The molecule has 1 unspecified atom stereocenters. The van der Waals surface area contributed by atoms with Crippen LogP contribution in [0.4, 0.5) is 0 Å². The van der Waals surface area contributed by atoms with Crippen LogP contribution in [0.2, 0.25) is 0 Å². The number of nitrogens with zero attached hydrogens (tertiary/aromatic N) is 1. The van der Waals surface area contributed by atoms with Gasteiger partial charge in [-0.15, -0.1) is 0 Å². The van der Waals surface area contributed by atoms with Crippen LogP contribution in [0.25, 0.3) is 32.6 Å². The predicted octanol–water partition coefficient (Wildman–Crippen LogP) is 6.00. The fourth-order valence-corrected chi connectivity index (χ4v) is 3.87. The van der Waals surface area contributed by atoms with E-state index in [1.54, 1.807) is 0 Å². The standard InChI is InChI=1S/C22H17N/c1-2-9-17(10-3-1)23-21-13-7-6-12-19(21)20-15-14-16-8-4-5-11-18(16)22(20)23/h1-9,11-15,17H,10H2. The van der Waals surface area contributed by atoms with Gasteiger partial charge >= 0.3 is 0 Å². The van der Waals surface area contributed by atoms with Gasteiger partial charge in [-0.25, -0.2) is 0 Å². The number of hydrogen-bond acceptors (Lipinski definition) is 0. The van der Waals surface area contributed by atoms with Crippen molar-refractivity contribution < 1.29 is 0 Å². The number of allylic oxidation sites excluding steroid dienone is 4. The van der Waals surface area contributed by atoms with Gasteiger partial charge in [0.15, 0.2) is 0 Å². The Morgan fingerprint density at radius 1 is 0.739 bits per heavy atom. The monoisotopic (exact) mass is 295 g/mol. The van der Waals surface area contributed by atoms with Crippen molar-refractivity contribution in [1.29, 1.82) is 0 Å². The first-order valence-corrected chi connectivity index (χ1v) is 8.17. The van der Waals surface area contributed by atoms with Crippen LogP contribution in [0.1, 0.15) is 12.5 Å². The molecule has 0 saturated carbocycles. The highest BCUT2D eigenvalue weighted by molar-refractivity contribution is 6.17. The van der Waals surface area contributed by atoms with Crippen molar-refractivity contribution in [2.45, 2.75) is 12.5 Å². The zero-order valence-corrected chi connectivity index (χ0v) is 12.8. The maximum atomic E-state index is 2.52. The summed E-state index contributed by atoms with van der Waals surface area (Å²) in [6, 6.07) is 22.4. The Bertz CT molecular complexity index is 1100. The van der Waals surface area contributed by atoms with E-state index in [1.807, 2.05) is 0 Å². The highest BCUT2D eigenvalue weighted by Gasteiger charge is 2.18. The van der Waals surface area contributed by atoms with Gasteiger partial charge in [0.25, 0.3) is 0 Å². The lowest BCUT2D eigenvalue weighted by Gasteiger charge is -2.19. The molecule has 0 bridgehead atoms. The van der Waals surface area contributed by atoms with Gasteiger partial charge in [0.05, 0.1) is 11.6 Å². The number of para-hydroxylation sites is 1. The molecule has 1 aliphatic rings. The molecule has 1 aliphatic carbocycles. The molecule has 0 fully saturated rings. The molecule has 0 saturated heterocycles. The van der Waals surface area contributed by atoms with E-state index in [2.05, 4.69) is 89.5 Å². The van der Waals surface area contributed by atoms with Crippen molar-refractivity contribution in [3.8, 4) is 0 Å². The molecular formula is C22H17N. The fraction of sp³-hybridized carbons (Fsp3) is 0.0909. The Labute approximate surface area is 135 Å². The second-order valence-corrected chi connectivity index (χ2v) is 6.19. The summed E-state index contributed by atoms with van der Waals surface area (Å²) in [6.45, 7) is 0. The molecule has 0 N–H and O–H groups in total. The molecule has 0 amide bonds. The summed E-state index contributed by atoms with van der Waals surface area (Å²) in [5.74, 6) is 0. The van der Waals surface area contributed by atoms with Crippen molar-refractivity contribution in [2.75, 3.05) is 0 Å². The quantitative estimate of drug-likeness (QED) is 0.405. The summed E-state index contributed by atoms with van der Waals surface area (Å²) in [6.07, 6.45) is 9.93. The number of benzene rings is 3. The smallest absolute Gasteiger partial charge is 0.0576 e. The fourth-order valence-electron chi connectivity index (χ4n) is 3.87. The van der Waals surface area contributed by atoms with Crippen molar-refractivity contribution in [2.24, 2.45) is 0 Å². The summed E-state index contributed by atoms with van der Waals surface area (Å²) < 4.78 is 2.52. The third-order valence-corrected chi connectivity index (χ3v) is 4.88. The van der Waals surface area contributed by atoms with Crippen LogP contribution >= 0.6 is 0 Å². The maximum Gasteiger partial charge on any atom is 0.0576 e. The molecule has 5 rings (SSSR count). The maximum absolute atomic E-state index is 2.52. The van der Waals surface area contributed by atoms with E-state index in [4.69, 9.17) is 0 Å². The van der Waals surface area contributed by atoms with E-state index in [0.717, 1.165) is 6.42 Å². The van der Waals surface area contributed by atoms with Gasteiger partial charge in [0.1, 0.15) is 0 Å². The van der Waals surface area contributed by atoms with Crippen LogP contribution in [0.5, 0.6) is 0 Å². The number of fused-ring (bicyclic) bond motifs is 5. The van der Waals surface area contributed by atoms with E-state index in [9.17, 15) is 0 Å². The molecule has 1 heterocycles. The molecule has 1 heteroatoms. The molecule has 23 heavy (non-hydrogen) atoms. The predicted molar refractivity (Wildman–Crippen MR) is 98.9 cm³/mol. The molecule has 1 atom stereocenters. The average molecular weight is 295 g/mol. The van der Waals surface area contributed by atoms with Crippen LogP contribution in [0, 0.1) is 0 Å². The van der Waals surface area contributed by atoms with Crippen molar-refractivity contribution >= 4 is 32.6 Å². The first-order valence-electron chi connectivity index (χ1n) is 8.17. The SMILES string of the molecule is C1=CCC(n2c3ccccc3c3ccc4ccccc4c32)C=C1. The van der Waals surface area contributed by atoms with E-state index in [0.29, 0.717) is 6.04 Å². The Morgan fingerprint density at radius 3 is 2.43 bits per heavy atom. The van der Waals surface area contributed by atoms with Crippen molar-refractivity contribution in [1.82, 2.24) is 4.57 Å². The van der Waals surface area contributed by atoms with Crippen molar-refractivity contribution in [3.05, 3.63) is 85.0 Å². The van der Waals surface area contributed by atoms with Gasteiger partial charge in [0, 0.05) is 21.7 Å². The largest absolute Gasteiger partial charge is 0.333 e. The van der Waals surface area contributed by atoms with Gasteiger partial charge in [-0.05, 0) is 17.9 Å². The minimum Gasteiger partial charge on any atom is -0.333 e. The molecular weight excluding hydrogens is 278 g/mol. The van der Waals surface area contributed by atoms with E-state index >= 15 is 0 Å². The van der Waals surface area contributed by atoms with Crippen molar-refractivity contribution in [3.63, 3.8) is 0 Å². The normalized spacial score (nSPS) is 17.5. The zero-order chi connectivity index (χ0) is 15.2. The molecule has 110 valence electrons. The molecule has 4 aromatic rings. The Balaban J connectivity index is 2.00. The van der Waals surface area contributed by atoms with E-state index in [-0.39, 0.29) is 0 Å². The summed E-state index contributed by atoms with van der Waals surface area (Å²) in [4.78, 5) is 0. The number of hydrogen-bond donors (Lipinski definition) is 0. The molecule has 1 aromatic heterocycles. The van der Waals surface area contributed by atoms with Gasteiger partial charge in [-0.1, -0.05) is 78.9 Å². The first kappa shape index (κ1) is 12.7. The van der Waals surface area contributed by atoms with Gasteiger partial charge in [0.2, 0.25) is 0 Å². The third kappa shape index (κ3) is 1.80. The Hall–Kier alpha value is -2.80. The lowest BCUT2D eigenvalue weighted by atomic mass is 10.0. The first-order chi connectivity index (χ1) is 11.4. The average Bonchev–Trinajstić information content (AvgIpc) is 2.97. The summed E-state index contributed by atoms with van der Waals surface area (Å²) in [5, 5.41) is 5.34. The lowest BCUT2D eigenvalue weighted by molar-refractivity contribution is 0.649. The minimum absolute atomic E-state index is 0.383. The minimum atomic E-state index is 0.383. The molecule has 0 aliphatic heterocycles. The Kier molecular flexibility index (Phi) is 2.68. The zero-order valence-electron chi connectivity index (χ0n) is 12.8. The summed E-state index contributed by atoms with van der Waals surface area (Å²) in [5.41, 5.74) is 2.68. The Morgan fingerprint density at radius 2 is 1.57 bits per heavy atom. The second kappa shape index (κ2) is 4.85. The lowest BCUT2D eigenvalue weighted by Crippen LogP contribution is -2.06. The van der Waals surface area contributed by atoms with Crippen LogP contribution in [-0.4, -0.2) is 4.57 Å². The summed E-state index contributed by atoms with van der Waals surface area (Å²) in [7, 11) is 0. The highest BCUT2D eigenvalue weighted by atomic mass is 15.0. The van der Waals surface area contributed by atoms with Gasteiger partial charge in [-0.2, -0.15) is 0 Å². The van der Waals surface area contributed by atoms with E-state index < -0.39 is 0 Å². The molecule has 0 spiro atoms. The van der Waals surface area contributed by atoms with Gasteiger partial charge < -0.3 is 4.57 Å². The van der Waals surface area contributed by atoms with Crippen LogP contribution in [-0.2, 0) is 0 Å². The summed E-state index contributed by atoms with van der Waals surface area (Å²) >= 11 is 0. The topological polar surface area (TPSA) is 4.93 Å². The molecule has 0 radical (unpaired) electrons. The van der Waals surface area contributed by atoms with E-state index in [1.165, 1.54) is 32.6 Å². The molecule has 1 nitrogen and oxygen atoms in total. The van der Waals surface area contributed by atoms with Crippen LogP contribution < -0.4 is 0 Å². The molecule has 3 aromatic carbocycles. The van der Waals surface area contributed by atoms with Crippen LogP contribution in [0.3, 0.4) is 0 Å². The number of aromatic nitrogens is 1. The second-order valence-electron chi connectivity index (χ2n) is 6.19. The third-order valence-electron chi connectivity index (χ3n) is 4.88. The van der Waals surface area contributed by atoms with Crippen LogP contribution in [0.15, 0.2) is 85.0 Å².